The van der Waals surface area contributed by atoms with Gasteiger partial charge in [0.05, 0.1) is 6.20 Å². The molecule has 5 nitrogen and oxygen atoms in total. The molecular weight excluding hydrogens is 240 g/mol. The van der Waals surface area contributed by atoms with Gasteiger partial charge < -0.3 is 10.2 Å². The number of carbonyl (C=O) groups is 1. The van der Waals surface area contributed by atoms with Crippen LogP contribution in [0.2, 0.25) is 0 Å². The number of aromatic nitrogens is 2. The van der Waals surface area contributed by atoms with Gasteiger partial charge >= 0.3 is 6.03 Å². The van der Waals surface area contributed by atoms with Crippen molar-refractivity contribution in [3.05, 3.63) is 18.0 Å². The second kappa shape index (κ2) is 6.19. The fourth-order valence-corrected chi connectivity index (χ4v) is 2.88. The highest BCUT2D eigenvalue weighted by Crippen LogP contribution is 2.27. The smallest absolute Gasteiger partial charge is 0.332 e. The second-order valence-corrected chi connectivity index (χ2v) is 5.16. The Morgan fingerprint density at radius 1 is 1.37 bits per heavy atom. The summed E-state index contributed by atoms with van der Waals surface area (Å²) in [6.07, 6.45) is 5.89. The molecular formula is C14H24N4O. The van der Waals surface area contributed by atoms with Gasteiger partial charge in [-0.05, 0) is 44.3 Å². The van der Waals surface area contributed by atoms with Gasteiger partial charge in [0.15, 0.2) is 0 Å². The van der Waals surface area contributed by atoms with Crippen LogP contribution in [0.25, 0.3) is 0 Å². The van der Waals surface area contributed by atoms with E-state index < -0.39 is 0 Å². The van der Waals surface area contributed by atoms with E-state index in [0.717, 1.165) is 12.1 Å². The topological polar surface area (TPSA) is 50.2 Å². The predicted octanol–water partition coefficient (Wildman–Crippen LogP) is 1.87. The summed E-state index contributed by atoms with van der Waals surface area (Å²) in [6, 6.07) is 0.200. The minimum absolute atomic E-state index is 0.100. The Morgan fingerprint density at radius 3 is 2.53 bits per heavy atom. The molecule has 4 rings (SSSR count). The van der Waals surface area contributed by atoms with Gasteiger partial charge in [-0.2, -0.15) is 9.78 Å². The lowest BCUT2D eigenvalue weighted by Crippen LogP contribution is -2.57. The van der Waals surface area contributed by atoms with Crippen LogP contribution in [0, 0.1) is 12.8 Å². The molecule has 106 valence electrons. The molecule has 1 unspecified atom stereocenters. The van der Waals surface area contributed by atoms with E-state index in [1.165, 1.54) is 30.6 Å². The highest BCUT2D eigenvalue weighted by Gasteiger charge is 2.35. The number of hydrogen-bond donors (Lipinski definition) is 1. The fourth-order valence-electron chi connectivity index (χ4n) is 2.88. The molecule has 0 radical (unpaired) electrons. The summed E-state index contributed by atoms with van der Waals surface area (Å²) < 4.78 is 1.40. The van der Waals surface area contributed by atoms with Crippen molar-refractivity contribution >= 4 is 6.03 Å². The molecule has 0 spiro atoms. The third-order valence-electron chi connectivity index (χ3n) is 3.88. The summed E-state index contributed by atoms with van der Waals surface area (Å²) in [7, 11) is 0. The van der Waals surface area contributed by atoms with Crippen molar-refractivity contribution in [3.8, 4) is 0 Å². The van der Waals surface area contributed by atoms with Crippen LogP contribution in [0.5, 0.6) is 0 Å². The Kier molecular flexibility index (Phi) is 4.58. The molecule has 19 heavy (non-hydrogen) atoms. The van der Waals surface area contributed by atoms with Gasteiger partial charge in [-0.1, -0.05) is 13.8 Å². The number of nitrogens with one attached hydrogen (secondary N) is 1. The minimum Gasteiger partial charge on any atom is -0.332 e. The average molecular weight is 264 g/mol. The van der Waals surface area contributed by atoms with Gasteiger partial charge in [-0.3, -0.25) is 0 Å². The van der Waals surface area contributed by atoms with Crippen molar-refractivity contribution in [2.45, 2.75) is 39.7 Å². The summed E-state index contributed by atoms with van der Waals surface area (Å²) in [5, 5.41) is 7.13. The van der Waals surface area contributed by atoms with Crippen LogP contribution in [0.3, 0.4) is 0 Å². The van der Waals surface area contributed by atoms with E-state index in [0.29, 0.717) is 12.0 Å². The Bertz CT molecular complexity index is 421. The third-order valence-corrected chi connectivity index (χ3v) is 3.88. The van der Waals surface area contributed by atoms with Gasteiger partial charge in [0, 0.05) is 18.8 Å². The van der Waals surface area contributed by atoms with Crippen molar-refractivity contribution < 1.29 is 4.79 Å². The first kappa shape index (κ1) is 14.1. The predicted molar refractivity (Wildman–Crippen MR) is 75.2 cm³/mol. The SMILES string of the molecule is CC.Cc1cnn(C(=O)NC2CN3CCC2CC3)c1. The molecule has 0 aliphatic carbocycles. The molecule has 1 atom stereocenters. The van der Waals surface area contributed by atoms with Crippen molar-refractivity contribution in [1.82, 2.24) is 20.0 Å². The van der Waals surface area contributed by atoms with Gasteiger partial charge in [0.2, 0.25) is 0 Å². The maximum Gasteiger partial charge on any atom is 0.342 e. The van der Waals surface area contributed by atoms with E-state index in [2.05, 4.69) is 15.3 Å². The second-order valence-electron chi connectivity index (χ2n) is 5.16. The molecule has 1 aromatic heterocycles. The molecule has 3 aliphatic heterocycles. The Hall–Kier alpha value is -1.36. The third kappa shape index (κ3) is 3.15. The van der Waals surface area contributed by atoms with Crippen LogP contribution in [0.15, 0.2) is 12.4 Å². The number of fused-ring (bicyclic) bond motifs is 3. The lowest BCUT2D eigenvalue weighted by atomic mass is 9.84. The standard InChI is InChI=1S/C12H18N4O.C2H6/c1-9-6-13-16(7-9)12(17)14-11-8-15-4-2-10(11)3-5-15;1-2/h6-7,10-11H,2-5,8H2,1H3,(H,14,17);1-2H3. The molecule has 5 heteroatoms. The van der Waals surface area contributed by atoms with E-state index in [4.69, 9.17) is 0 Å². The molecule has 4 heterocycles. The Balaban J connectivity index is 0.000000637. The number of nitrogens with zero attached hydrogens (tertiary/aromatic N) is 3. The summed E-state index contributed by atoms with van der Waals surface area (Å²) in [4.78, 5) is 14.4. The first-order valence-corrected chi connectivity index (χ1v) is 7.27. The number of piperidine rings is 3. The molecule has 1 amide bonds. The summed E-state index contributed by atoms with van der Waals surface area (Å²) in [6.45, 7) is 9.32. The monoisotopic (exact) mass is 264 g/mol. The maximum atomic E-state index is 12.0. The normalized spacial score (nSPS) is 28.5. The van der Waals surface area contributed by atoms with Crippen molar-refractivity contribution in [1.29, 1.82) is 0 Å². The van der Waals surface area contributed by atoms with Crippen LogP contribution in [0.4, 0.5) is 4.79 Å². The van der Waals surface area contributed by atoms with Crippen molar-refractivity contribution in [2.24, 2.45) is 5.92 Å². The summed E-state index contributed by atoms with van der Waals surface area (Å²) in [5.41, 5.74) is 1.01. The van der Waals surface area contributed by atoms with E-state index in [9.17, 15) is 4.79 Å². The molecule has 0 saturated carbocycles. The van der Waals surface area contributed by atoms with Gasteiger partial charge in [-0.15, -0.1) is 0 Å². The minimum atomic E-state index is -0.100. The van der Waals surface area contributed by atoms with Gasteiger partial charge in [-0.25, -0.2) is 4.79 Å². The van der Waals surface area contributed by atoms with E-state index in [-0.39, 0.29) is 6.03 Å². The van der Waals surface area contributed by atoms with Crippen LogP contribution >= 0.6 is 0 Å². The maximum absolute atomic E-state index is 12.0. The lowest BCUT2D eigenvalue weighted by Gasteiger charge is -2.44. The van der Waals surface area contributed by atoms with Gasteiger partial charge in [0.1, 0.15) is 0 Å². The summed E-state index contributed by atoms with van der Waals surface area (Å²) in [5.74, 6) is 0.653. The number of aryl methyl sites for hydroxylation is 1. The number of rotatable bonds is 1. The number of amides is 1. The Labute approximate surface area is 115 Å². The Morgan fingerprint density at radius 2 is 2.05 bits per heavy atom. The first-order chi connectivity index (χ1) is 9.22. The zero-order chi connectivity index (χ0) is 13.8. The van der Waals surface area contributed by atoms with Crippen LogP contribution in [-0.2, 0) is 0 Å². The largest absolute Gasteiger partial charge is 0.342 e. The molecule has 3 fully saturated rings. The highest BCUT2D eigenvalue weighted by molar-refractivity contribution is 5.76. The molecule has 3 saturated heterocycles. The molecule has 1 aromatic rings. The average Bonchev–Trinajstić information content (AvgIpc) is 2.89. The van der Waals surface area contributed by atoms with Crippen LogP contribution in [0.1, 0.15) is 32.3 Å². The fraction of sp³-hybridized carbons (Fsp3) is 0.714. The quantitative estimate of drug-likeness (QED) is 0.842. The van der Waals surface area contributed by atoms with Gasteiger partial charge in [0.25, 0.3) is 0 Å². The van der Waals surface area contributed by atoms with Crippen molar-refractivity contribution in [2.75, 3.05) is 19.6 Å². The zero-order valence-corrected chi connectivity index (χ0v) is 12.1. The molecule has 3 aliphatic rings. The van der Waals surface area contributed by atoms with Crippen LogP contribution < -0.4 is 5.32 Å². The number of carbonyl (C=O) groups excluding carboxylic acids is 1. The van der Waals surface area contributed by atoms with E-state index in [1.54, 1.807) is 12.4 Å². The van der Waals surface area contributed by atoms with Crippen LogP contribution in [-0.4, -0.2) is 46.4 Å². The zero-order valence-electron chi connectivity index (χ0n) is 12.1. The van der Waals surface area contributed by atoms with E-state index in [1.807, 2.05) is 20.8 Å². The molecule has 1 N–H and O–H groups in total. The lowest BCUT2D eigenvalue weighted by molar-refractivity contribution is 0.0765. The van der Waals surface area contributed by atoms with E-state index >= 15 is 0 Å². The molecule has 2 bridgehead atoms. The first-order valence-electron chi connectivity index (χ1n) is 7.27. The highest BCUT2D eigenvalue weighted by atomic mass is 16.2. The molecule has 0 aromatic carbocycles. The number of hydrogen-bond acceptors (Lipinski definition) is 3. The van der Waals surface area contributed by atoms with Crippen molar-refractivity contribution in [3.63, 3.8) is 0 Å². The summed E-state index contributed by atoms with van der Waals surface area (Å²) >= 11 is 0.